The van der Waals surface area contributed by atoms with Crippen LogP contribution in [0, 0.1) is 0 Å². The third-order valence-corrected chi connectivity index (χ3v) is 7.71. The first kappa shape index (κ1) is 20.4. The van der Waals surface area contributed by atoms with Crippen molar-refractivity contribution in [2.45, 2.75) is 27.3 Å². The summed E-state index contributed by atoms with van der Waals surface area (Å²) in [5.41, 5.74) is 1.67. The molecular formula is C21H25NO5Si. The van der Waals surface area contributed by atoms with Crippen LogP contribution in [0.1, 0.15) is 47.1 Å². The Morgan fingerprint density at radius 2 is 1.21 bits per heavy atom. The summed E-state index contributed by atoms with van der Waals surface area (Å²) in [6, 6.07) is 14.4. The lowest BCUT2D eigenvalue weighted by Gasteiger charge is -2.30. The second kappa shape index (κ2) is 8.79. The summed E-state index contributed by atoms with van der Waals surface area (Å²) in [6.45, 7) is 7.14. The van der Waals surface area contributed by atoms with Gasteiger partial charge in [-0.1, -0.05) is 36.4 Å². The number of hydrogen-bond donors (Lipinski definition) is 0. The maximum Gasteiger partial charge on any atom is 0.537 e. The number of imide groups is 1. The van der Waals surface area contributed by atoms with Crippen molar-refractivity contribution in [1.82, 2.24) is 4.90 Å². The van der Waals surface area contributed by atoms with Crippen molar-refractivity contribution in [3.8, 4) is 0 Å². The molecule has 148 valence electrons. The van der Waals surface area contributed by atoms with E-state index in [0.717, 1.165) is 10.8 Å². The highest BCUT2D eigenvalue weighted by molar-refractivity contribution is 6.75. The Bertz CT molecular complexity index is 817. The van der Waals surface area contributed by atoms with E-state index in [4.69, 9.17) is 13.3 Å². The van der Waals surface area contributed by atoms with Crippen molar-refractivity contribution in [2.24, 2.45) is 0 Å². The van der Waals surface area contributed by atoms with Crippen LogP contribution in [0.3, 0.4) is 0 Å². The lowest BCUT2D eigenvalue weighted by molar-refractivity contribution is 0.0638. The molecule has 6 nitrogen and oxygen atoms in total. The monoisotopic (exact) mass is 399 g/mol. The Balaban J connectivity index is 1.99. The molecule has 2 aromatic rings. The van der Waals surface area contributed by atoms with Crippen LogP contribution in [-0.2, 0) is 19.8 Å². The molecular weight excluding hydrogens is 374 g/mol. The summed E-state index contributed by atoms with van der Waals surface area (Å²) in [5.74, 6) is -0.571. The molecule has 0 aliphatic carbocycles. The number of benzene rings is 2. The Labute approximate surface area is 166 Å². The fraction of sp³-hybridized carbons (Fsp3) is 0.333. The standard InChI is InChI=1S/C21H25NO5Si/c1-4-25-28(26-5-2,27-6-3)19-14-10-7-11-16(19)15-22-20(23)17-12-8-9-13-18(17)21(22)24/h7-14H,4-6,15H2,1-3H3. The molecule has 0 bridgehead atoms. The lowest BCUT2D eigenvalue weighted by Crippen LogP contribution is -2.58. The average Bonchev–Trinajstić information content (AvgIpc) is 2.94. The maximum absolute atomic E-state index is 12.8. The Hall–Kier alpha value is -2.32. The summed E-state index contributed by atoms with van der Waals surface area (Å²) in [4.78, 5) is 26.8. The van der Waals surface area contributed by atoms with E-state index in [1.807, 2.05) is 45.0 Å². The van der Waals surface area contributed by atoms with Crippen LogP contribution >= 0.6 is 0 Å². The zero-order valence-corrected chi connectivity index (χ0v) is 17.4. The lowest BCUT2D eigenvalue weighted by atomic mass is 10.1. The zero-order valence-electron chi connectivity index (χ0n) is 16.4. The summed E-state index contributed by atoms with van der Waals surface area (Å²) in [6.07, 6.45) is 0. The van der Waals surface area contributed by atoms with Gasteiger partial charge >= 0.3 is 8.80 Å². The van der Waals surface area contributed by atoms with Gasteiger partial charge < -0.3 is 13.3 Å². The summed E-state index contributed by atoms with van der Waals surface area (Å²) in [5, 5.41) is 0.789. The fourth-order valence-electron chi connectivity index (χ4n) is 3.44. The first-order valence-electron chi connectivity index (χ1n) is 9.53. The molecule has 0 spiro atoms. The van der Waals surface area contributed by atoms with E-state index < -0.39 is 8.80 Å². The van der Waals surface area contributed by atoms with Gasteiger partial charge in [0.05, 0.1) is 17.7 Å². The van der Waals surface area contributed by atoms with E-state index >= 15 is 0 Å². The topological polar surface area (TPSA) is 65.1 Å². The average molecular weight is 400 g/mol. The van der Waals surface area contributed by atoms with Crippen LogP contribution < -0.4 is 5.19 Å². The van der Waals surface area contributed by atoms with E-state index in [0.29, 0.717) is 30.9 Å². The van der Waals surface area contributed by atoms with E-state index in [-0.39, 0.29) is 18.4 Å². The molecule has 0 saturated heterocycles. The molecule has 0 aromatic heterocycles. The van der Waals surface area contributed by atoms with E-state index in [1.54, 1.807) is 24.3 Å². The minimum atomic E-state index is -3.16. The van der Waals surface area contributed by atoms with Gasteiger partial charge in [-0.05, 0) is 38.5 Å². The molecule has 1 aliphatic rings. The summed E-state index contributed by atoms with van der Waals surface area (Å²) < 4.78 is 18.1. The summed E-state index contributed by atoms with van der Waals surface area (Å²) in [7, 11) is -3.16. The highest BCUT2D eigenvalue weighted by Gasteiger charge is 2.45. The molecule has 0 atom stereocenters. The largest absolute Gasteiger partial charge is 0.537 e. The number of amides is 2. The molecule has 2 aromatic carbocycles. The second-order valence-corrected chi connectivity index (χ2v) is 8.77. The SMILES string of the molecule is CCO[Si](OCC)(OCC)c1ccccc1CN1C(=O)c2ccccc2C1=O. The van der Waals surface area contributed by atoms with Crippen molar-refractivity contribution in [3.05, 3.63) is 65.2 Å². The van der Waals surface area contributed by atoms with Gasteiger partial charge in [0.2, 0.25) is 0 Å². The van der Waals surface area contributed by atoms with Gasteiger partial charge in [0.15, 0.2) is 0 Å². The minimum Gasteiger partial charge on any atom is -0.370 e. The molecule has 2 amide bonds. The number of carbonyl (C=O) groups excluding carboxylic acids is 2. The number of rotatable bonds is 9. The quantitative estimate of drug-likeness (QED) is 0.479. The third kappa shape index (κ3) is 3.66. The van der Waals surface area contributed by atoms with E-state index in [9.17, 15) is 9.59 Å². The minimum absolute atomic E-state index is 0.143. The van der Waals surface area contributed by atoms with Crippen LogP contribution in [0.25, 0.3) is 0 Å². The Morgan fingerprint density at radius 1 is 0.750 bits per heavy atom. The zero-order chi connectivity index (χ0) is 20.1. The maximum atomic E-state index is 12.8. The first-order chi connectivity index (χ1) is 13.6. The predicted molar refractivity (Wildman–Crippen MR) is 107 cm³/mol. The third-order valence-electron chi connectivity index (χ3n) is 4.56. The van der Waals surface area contributed by atoms with Crippen LogP contribution in [0.4, 0.5) is 0 Å². The number of carbonyl (C=O) groups is 2. The molecule has 0 saturated carbocycles. The second-order valence-electron chi connectivity index (χ2n) is 6.25. The normalized spacial score (nSPS) is 13.9. The molecule has 1 aliphatic heterocycles. The van der Waals surface area contributed by atoms with Crippen molar-refractivity contribution >= 4 is 25.8 Å². The smallest absolute Gasteiger partial charge is 0.370 e. The van der Waals surface area contributed by atoms with Crippen LogP contribution in [0.15, 0.2) is 48.5 Å². The molecule has 0 N–H and O–H groups in total. The van der Waals surface area contributed by atoms with Crippen molar-refractivity contribution in [3.63, 3.8) is 0 Å². The number of nitrogens with zero attached hydrogens (tertiary/aromatic N) is 1. The fourth-order valence-corrected chi connectivity index (χ4v) is 6.15. The predicted octanol–water partition coefficient (Wildman–Crippen LogP) is 2.74. The van der Waals surface area contributed by atoms with Gasteiger partial charge in [-0.3, -0.25) is 14.5 Å². The Morgan fingerprint density at radius 3 is 1.71 bits per heavy atom. The molecule has 0 unspecified atom stereocenters. The van der Waals surface area contributed by atoms with Gasteiger partial charge in [0.25, 0.3) is 11.8 Å². The molecule has 1 heterocycles. The van der Waals surface area contributed by atoms with Crippen molar-refractivity contribution < 1.29 is 22.9 Å². The molecule has 0 radical (unpaired) electrons. The van der Waals surface area contributed by atoms with Gasteiger partial charge in [0, 0.05) is 25.0 Å². The number of fused-ring (bicyclic) bond motifs is 1. The van der Waals surface area contributed by atoms with Crippen LogP contribution in [0.5, 0.6) is 0 Å². The Kier molecular flexibility index (Phi) is 6.41. The van der Waals surface area contributed by atoms with Gasteiger partial charge in [-0.2, -0.15) is 0 Å². The molecule has 0 fully saturated rings. The highest BCUT2D eigenvalue weighted by Crippen LogP contribution is 2.25. The van der Waals surface area contributed by atoms with Gasteiger partial charge in [0.1, 0.15) is 0 Å². The van der Waals surface area contributed by atoms with Crippen LogP contribution in [0.2, 0.25) is 0 Å². The van der Waals surface area contributed by atoms with E-state index in [2.05, 4.69) is 0 Å². The van der Waals surface area contributed by atoms with E-state index in [1.165, 1.54) is 4.90 Å². The van der Waals surface area contributed by atoms with Crippen molar-refractivity contribution in [2.75, 3.05) is 19.8 Å². The van der Waals surface area contributed by atoms with Crippen molar-refractivity contribution in [1.29, 1.82) is 0 Å². The molecule has 28 heavy (non-hydrogen) atoms. The number of hydrogen-bond acceptors (Lipinski definition) is 5. The molecule has 3 rings (SSSR count). The van der Waals surface area contributed by atoms with Gasteiger partial charge in [-0.15, -0.1) is 0 Å². The highest BCUT2D eigenvalue weighted by atomic mass is 28.4. The van der Waals surface area contributed by atoms with Crippen LogP contribution in [-0.4, -0.2) is 45.3 Å². The van der Waals surface area contributed by atoms with Gasteiger partial charge in [-0.25, -0.2) is 0 Å². The first-order valence-corrected chi connectivity index (χ1v) is 11.3. The summed E-state index contributed by atoms with van der Waals surface area (Å²) >= 11 is 0. The molecule has 7 heteroatoms.